The Morgan fingerprint density at radius 3 is 1.53 bits per heavy atom. The standard InChI is InChI=1S/C23H25ClN6OS.C19H17ClN4O2S/c1-13-14(2)32-23-20(13)21(16-4-6-17(24)7-5-16)26-18(22-28-27-15(3)30(22)23)12-19(31)29-10-8-25-9-11-29;1-9-10(2)27-19-16(9)17(12-4-6-13(20)7-5-12)21-14(8-15(25)26)18-23-22-11(3)24(18)19/h4-7,18,25H,8-12H2,1-3H3;4-7,14H,8H2,1-3H3,(H,25,26)/t18-;14-/m00/s1. The van der Waals surface area contributed by atoms with Gasteiger partial charge in [0.25, 0.3) is 0 Å². The smallest absolute Gasteiger partial charge is 0.306 e. The average Bonchev–Trinajstić information content (AvgIpc) is 3.91. The highest BCUT2D eigenvalue weighted by molar-refractivity contribution is 7.15. The van der Waals surface area contributed by atoms with Gasteiger partial charge in [0, 0.05) is 68.2 Å². The number of aliphatic imine (C=N–C) groups is 2. The Kier molecular flexibility index (Phi) is 11.4. The summed E-state index contributed by atoms with van der Waals surface area (Å²) in [5.74, 6) is 1.97. The third-order valence-electron chi connectivity index (χ3n) is 10.9. The number of aromatic nitrogens is 6. The lowest BCUT2D eigenvalue weighted by Gasteiger charge is -2.28. The summed E-state index contributed by atoms with van der Waals surface area (Å²) < 4.78 is 4.03. The number of fused-ring (bicyclic) bond motifs is 6. The molecule has 2 N–H and O–H groups in total. The summed E-state index contributed by atoms with van der Waals surface area (Å²) in [6, 6.07) is 14.2. The lowest BCUT2D eigenvalue weighted by atomic mass is 9.99. The molecule has 4 aromatic heterocycles. The zero-order valence-corrected chi connectivity index (χ0v) is 36.5. The van der Waals surface area contributed by atoms with Crippen LogP contribution in [-0.4, -0.2) is 89.0 Å². The molecule has 6 aromatic rings. The molecular weight excluding hydrogens is 828 g/mol. The van der Waals surface area contributed by atoms with Crippen LogP contribution in [0.1, 0.15) is 91.4 Å². The van der Waals surface area contributed by atoms with E-state index < -0.39 is 18.1 Å². The van der Waals surface area contributed by atoms with Crippen molar-refractivity contribution in [2.45, 2.75) is 66.5 Å². The third-order valence-corrected chi connectivity index (χ3v) is 13.8. The number of nitrogens with one attached hydrogen (secondary N) is 1. The molecular formula is C42H42Cl2N10O3S2. The number of halogens is 2. The summed E-state index contributed by atoms with van der Waals surface area (Å²) in [6.45, 7) is 15.3. The number of carbonyl (C=O) groups excluding carboxylic acids is 1. The van der Waals surface area contributed by atoms with E-state index in [1.54, 1.807) is 22.7 Å². The largest absolute Gasteiger partial charge is 0.481 e. The molecule has 0 saturated carbocycles. The van der Waals surface area contributed by atoms with Crippen molar-refractivity contribution < 1.29 is 14.7 Å². The van der Waals surface area contributed by atoms with Crippen LogP contribution in [0.3, 0.4) is 0 Å². The third kappa shape index (κ3) is 7.77. The Hall–Kier alpha value is -5.06. The van der Waals surface area contributed by atoms with Crippen molar-refractivity contribution in [3.63, 3.8) is 0 Å². The van der Waals surface area contributed by atoms with Gasteiger partial charge >= 0.3 is 5.97 Å². The molecule has 3 aliphatic heterocycles. The van der Waals surface area contributed by atoms with Crippen molar-refractivity contribution in [3.8, 4) is 10.0 Å². The number of carboxylic acids is 1. The predicted octanol–water partition coefficient (Wildman–Crippen LogP) is 7.90. The van der Waals surface area contributed by atoms with E-state index in [2.05, 4.69) is 58.0 Å². The summed E-state index contributed by atoms with van der Waals surface area (Å²) in [7, 11) is 0. The first-order valence-electron chi connectivity index (χ1n) is 19.2. The van der Waals surface area contributed by atoms with Crippen LogP contribution in [0.4, 0.5) is 0 Å². The molecule has 0 bridgehead atoms. The number of hydrogen-bond donors (Lipinski definition) is 2. The van der Waals surface area contributed by atoms with Crippen molar-refractivity contribution in [1.29, 1.82) is 0 Å². The Bertz CT molecular complexity index is 2650. The van der Waals surface area contributed by atoms with Gasteiger partial charge in [0.05, 0.1) is 24.3 Å². The second kappa shape index (κ2) is 16.5. The molecule has 0 spiro atoms. The highest BCUT2D eigenvalue weighted by atomic mass is 35.5. The zero-order chi connectivity index (χ0) is 41.7. The molecule has 0 radical (unpaired) electrons. The van der Waals surface area contributed by atoms with E-state index in [1.807, 2.05) is 71.8 Å². The maximum atomic E-state index is 13.2. The van der Waals surface area contributed by atoms with E-state index in [9.17, 15) is 14.7 Å². The number of amides is 1. The zero-order valence-electron chi connectivity index (χ0n) is 33.4. The first-order valence-corrected chi connectivity index (χ1v) is 21.6. The van der Waals surface area contributed by atoms with Crippen LogP contribution in [0.2, 0.25) is 10.0 Å². The van der Waals surface area contributed by atoms with Crippen LogP contribution < -0.4 is 5.32 Å². The molecule has 9 rings (SSSR count). The van der Waals surface area contributed by atoms with E-state index >= 15 is 0 Å². The normalized spacial score (nSPS) is 17.0. The van der Waals surface area contributed by atoms with Gasteiger partial charge in [-0.1, -0.05) is 47.5 Å². The van der Waals surface area contributed by atoms with Crippen LogP contribution in [0.15, 0.2) is 58.5 Å². The quantitative estimate of drug-likeness (QED) is 0.171. The summed E-state index contributed by atoms with van der Waals surface area (Å²) in [5, 5.41) is 33.3. The summed E-state index contributed by atoms with van der Waals surface area (Å²) in [4.78, 5) is 39.0. The highest BCUT2D eigenvalue weighted by Crippen LogP contribution is 2.41. The molecule has 2 atom stereocenters. The number of aliphatic carboxylic acids is 1. The minimum atomic E-state index is -0.926. The van der Waals surface area contributed by atoms with Gasteiger partial charge in [-0.05, 0) is 76.9 Å². The number of rotatable bonds is 6. The van der Waals surface area contributed by atoms with Gasteiger partial charge in [0.1, 0.15) is 33.7 Å². The predicted molar refractivity (Wildman–Crippen MR) is 233 cm³/mol. The fourth-order valence-corrected chi connectivity index (χ4v) is 10.3. The van der Waals surface area contributed by atoms with E-state index in [0.29, 0.717) is 15.9 Å². The van der Waals surface area contributed by atoms with Gasteiger partial charge in [-0.15, -0.1) is 43.1 Å². The maximum absolute atomic E-state index is 13.2. The number of piperazine rings is 1. The van der Waals surface area contributed by atoms with Gasteiger partial charge in [-0.3, -0.25) is 28.7 Å². The van der Waals surface area contributed by atoms with Gasteiger partial charge in [0.15, 0.2) is 11.6 Å². The second-order valence-electron chi connectivity index (χ2n) is 14.7. The number of hydrogen-bond acceptors (Lipinski definition) is 11. The van der Waals surface area contributed by atoms with Crippen molar-refractivity contribution in [2.24, 2.45) is 9.98 Å². The first-order chi connectivity index (χ1) is 28.3. The molecule has 7 heterocycles. The highest BCUT2D eigenvalue weighted by Gasteiger charge is 2.35. The molecule has 2 aromatic carbocycles. The first kappa shape index (κ1) is 40.7. The molecule has 59 heavy (non-hydrogen) atoms. The van der Waals surface area contributed by atoms with Crippen molar-refractivity contribution in [1.82, 2.24) is 39.7 Å². The molecule has 0 aliphatic carbocycles. The number of aryl methyl sites for hydroxylation is 4. The number of nitrogens with zero attached hydrogens (tertiary/aromatic N) is 9. The van der Waals surface area contributed by atoms with Gasteiger partial charge in [0.2, 0.25) is 5.91 Å². The average molecular weight is 870 g/mol. The molecule has 1 amide bonds. The van der Waals surface area contributed by atoms with Crippen LogP contribution in [-0.2, 0) is 9.59 Å². The number of carboxylic acid groups (broad SMARTS) is 1. The van der Waals surface area contributed by atoms with Gasteiger partial charge < -0.3 is 15.3 Å². The minimum Gasteiger partial charge on any atom is -0.481 e. The Labute approximate surface area is 359 Å². The topological polar surface area (TPSA) is 156 Å². The molecule has 0 unspecified atom stereocenters. The van der Waals surface area contributed by atoms with Gasteiger partial charge in [-0.25, -0.2) is 0 Å². The summed E-state index contributed by atoms with van der Waals surface area (Å²) in [6.07, 6.45) is 0.115. The van der Waals surface area contributed by atoms with E-state index in [1.165, 1.54) is 15.3 Å². The fourth-order valence-electron chi connectivity index (χ4n) is 7.64. The molecule has 1 saturated heterocycles. The molecule has 1 fully saturated rings. The summed E-state index contributed by atoms with van der Waals surface area (Å²) >= 11 is 15.6. The lowest BCUT2D eigenvalue weighted by molar-refractivity contribution is -0.137. The van der Waals surface area contributed by atoms with Gasteiger partial charge in [-0.2, -0.15) is 0 Å². The van der Waals surface area contributed by atoms with E-state index in [0.717, 1.165) is 92.9 Å². The lowest BCUT2D eigenvalue weighted by Crippen LogP contribution is -2.46. The van der Waals surface area contributed by atoms with Crippen LogP contribution in [0, 0.1) is 41.5 Å². The van der Waals surface area contributed by atoms with Crippen LogP contribution in [0.25, 0.3) is 10.0 Å². The second-order valence-corrected chi connectivity index (χ2v) is 18.0. The molecule has 17 heteroatoms. The number of benzene rings is 2. The maximum Gasteiger partial charge on any atom is 0.306 e. The van der Waals surface area contributed by atoms with E-state index in [4.69, 9.17) is 33.2 Å². The molecule has 3 aliphatic rings. The minimum absolute atomic E-state index is 0.0982. The Balaban J connectivity index is 0.000000167. The van der Waals surface area contributed by atoms with E-state index in [-0.39, 0.29) is 18.7 Å². The van der Waals surface area contributed by atoms with Crippen LogP contribution in [0.5, 0.6) is 0 Å². The summed E-state index contributed by atoms with van der Waals surface area (Å²) in [5.41, 5.74) is 7.90. The number of carbonyl (C=O) groups is 2. The number of thiophene rings is 2. The SMILES string of the molecule is Cc1sc2c(c1C)C(c1ccc(Cl)cc1)=N[C@@H](CC(=O)N1CCNCC1)c1nnc(C)n1-2.Cc1sc2c(c1C)C(c1ccc(Cl)cc1)=N[C@@H](CC(=O)O)c1nnc(C)n1-2. The molecule has 304 valence electrons. The Morgan fingerprint density at radius 2 is 1.10 bits per heavy atom. The monoisotopic (exact) mass is 868 g/mol. The fraction of sp³-hybridized carbons (Fsp3) is 0.333. The molecule has 13 nitrogen and oxygen atoms in total. The Morgan fingerprint density at radius 1 is 0.678 bits per heavy atom. The van der Waals surface area contributed by atoms with Crippen molar-refractivity contribution >= 4 is 69.2 Å². The van der Waals surface area contributed by atoms with Crippen LogP contribution >= 0.6 is 45.9 Å². The van der Waals surface area contributed by atoms with Crippen molar-refractivity contribution in [2.75, 3.05) is 26.2 Å². The van der Waals surface area contributed by atoms with Crippen molar-refractivity contribution in [3.05, 3.63) is 125 Å².